The molecule has 0 amide bonds. The standard InChI is InChI=1S/C26H26IN5O4/c1-2-3-4-5-11-20-29-21-24(28-14-16-8-6-9-17(27)13-16)30-23(19-10-7-12-35-19)31-25(21)32(20)26-22(34)18(33)15-36-26/h6-10,12-13,18,22,26,33-34H,2-4,14-15H2,1H3,(H,28,30,31)/t18-,22-,26-/m1/s1. The van der Waals surface area contributed by atoms with Crippen LogP contribution in [0.4, 0.5) is 5.82 Å². The van der Waals surface area contributed by atoms with Gasteiger partial charge in [-0.1, -0.05) is 31.4 Å². The molecule has 4 heterocycles. The number of halogens is 1. The maximum atomic E-state index is 10.7. The van der Waals surface area contributed by atoms with E-state index in [0.29, 0.717) is 40.9 Å². The third-order valence-corrected chi connectivity index (χ3v) is 6.54. The van der Waals surface area contributed by atoms with Crippen molar-refractivity contribution in [2.24, 2.45) is 0 Å². The number of aliphatic hydroxyl groups is 2. The predicted octanol–water partition coefficient (Wildman–Crippen LogP) is 4.10. The second kappa shape index (κ2) is 11.0. The van der Waals surface area contributed by atoms with Gasteiger partial charge >= 0.3 is 0 Å². The summed E-state index contributed by atoms with van der Waals surface area (Å²) in [6, 6.07) is 11.7. The predicted molar refractivity (Wildman–Crippen MR) is 143 cm³/mol. The van der Waals surface area contributed by atoms with Crippen molar-refractivity contribution >= 4 is 39.6 Å². The minimum absolute atomic E-state index is 0.00207. The number of furan rings is 1. The van der Waals surface area contributed by atoms with Crippen LogP contribution >= 0.6 is 22.6 Å². The molecule has 3 aromatic heterocycles. The van der Waals surface area contributed by atoms with Gasteiger partial charge in [-0.05, 0) is 64.8 Å². The van der Waals surface area contributed by atoms with Gasteiger partial charge in [0.15, 0.2) is 40.6 Å². The number of anilines is 1. The highest BCUT2D eigenvalue weighted by Crippen LogP contribution is 2.33. The summed E-state index contributed by atoms with van der Waals surface area (Å²) in [5, 5.41) is 24.2. The summed E-state index contributed by atoms with van der Waals surface area (Å²) >= 11 is 2.28. The number of ether oxygens (including phenoxy) is 1. The molecule has 0 aliphatic carbocycles. The molecule has 1 aliphatic heterocycles. The molecule has 5 rings (SSSR count). The minimum Gasteiger partial charge on any atom is -0.461 e. The van der Waals surface area contributed by atoms with E-state index in [1.165, 1.54) is 0 Å². The largest absolute Gasteiger partial charge is 0.461 e. The van der Waals surface area contributed by atoms with Gasteiger partial charge in [0.2, 0.25) is 0 Å². The zero-order valence-corrected chi connectivity index (χ0v) is 21.8. The molecule has 1 fully saturated rings. The van der Waals surface area contributed by atoms with Gasteiger partial charge in [-0.15, -0.1) is 0 Å². The number of unbranched alkanes of at least 4 members (excludes halogenated alkanes) is 2. The lowest BCUT2D eigenvalue weighted by molar-refractivity contribution is -0.0167. The number of imidazole rings is 1. The van der Waals surface area contributed by atoms with Gasteiger partial charge in [0.25, 0.3) is 0 Å². The third-order valence-electron chi connectivity index (χ3n) is 5.86. The Kier molecular flexibility index (Phi) is 7.52. The van der Waals surface area contributed by atoms with Crippen molar-refractivity contribution in [2.75, 3.05) is 11.9 Å². The molecule has 0 saturated carbocycles. The lowest BCUT2D eigenvalue weighted by atomic mass is 10.2. The summed E-state index contributed by atoms with van der Waals surface area (Å²) in [6.07, 6.45) is 1.23. The van der Waals surface area contributed by atoms with E-state index < -0.39 is 18.4 Å². The van der Waals surface area contributed by atoms with E-state index >= 15 is 0 Å². The van der Waals surface area contributed by atoms with Crippen LogP contribution in [0.15, 0.2) is 47.1 Å². The van der Waals surface area contributed by atoms with Crippen molar-refractivity contribution in [2.45, 2.75) is 51.2 Å². The Morgan fingerprint density at radius 1 is 1.19 bits per heavy atom. The third kappa shape index (κ3) is 5.10. The molecule has 186 valence electrons. The Balaban J connectivity index is 1.64. The van der Waals surface area contributed by atoms with Crippen molar-refractivity contribution in [1.29, 1.82) is 0 Å². The molecule has 1 aliphatic rings. The van der Waals surface area contributed by atoms with E-state index in [2.05, 4.69) is 52.7 Å². The van der Waals surface area contributed by atoms with Crippen LogP contribution in [-0.4, -0.2) is 48.5 Å². The zero-order chi connectivity index (χ0) is 25.1. The number of rotatable bonds is 7. The lowest BCUT2D eigenvalue weighted by Crippen LogP contribution is -2.29. The van der Waals surface area contributed by atoms with Crippen LogP contribution in [0.1, 0.15) is 43.8 Å². The fraction of sp³-hybridized carbons (Fsp3) is 0.346. The van der Waals surface area contributed by atoms with Gasteiger partial charge in [-0.3, -0.25) is 4.57 Å². The number of hydrogen-bond acceptors (Lipinski definition) is 8. The molecule has 0 bridgehead atoms. The van der Waals surface area contributed by atoms with Crippen LogP contribution in [0.25, 0.3) is 22.7 Å². The second-order valence-corrected chi connectivity index (χ2v) is 9.77. The molecule has 1 aromatic carbocycles. The molecule has 0 spiro atoms. The Morgan fingerprint density at radius 3 is 2.81 bits per heavy atom. The Bertz CT molecular complexity index is 1410. The molecule has 3 atom stereocenters. The average Bonchev–Trinajstić information content (AvgIpc) is 3.60. The quantitative estimate of drug-likeness (QED) is 0.165. The van der Waals surface area contributed by atoms with Crippen molar-refractivity contribution in [3.63, 3.8) is 0 Å². The number of benzene rings is 1. The van der Waals surface area contributed by atoms with Crippen molar-refractivity contribution < 1.29 is 19.4 Å². The van der Waals surface area contributed by atoms with Crippen LogP contribution in [0, 0.1) is 15.4 Å². The summed E-state index contributed by atoms with van der Waals surface area (Å²) < 4.78 is 14.1. The normalized spacial score (nSPS) is 19.4. The summed E-state index contributed by atoms with van der Waals surface area (Å²) in [4.78, 5) is 14.2. The first kappa shape index (κ1) is 24.7. The molecule has 10 heteroatoms. The van der Waals surface area contributed by atoms with Crippen molar-refractivity contribution in [3.8, 4) is 23.4 Å². The SMILES string of the molecule is CCCCC#Cc1nc2c(NCc3cccc(I)c3)nc(-c3ccco3)nc2n1[C@@H]1OC[C@@H](O)[C@H]1O. The fourth-order valence-electron chi connectivity index (χ4n) is 3.99. The molecule has 1 saturated heterocycles. The van der Waals surface area contributed by atoms with E-state index in [4.69, 9.17) is 24.1 Å². The van der Waals surface area contributed by atoms with Gasteiger partial charge < -0.3 is 24.7 Å². The maximum absolute atomic E-state index is 10.7. The number of aromatic nitrogens is 4. The van der Waals surface area contributed by atoms with Crippen LogP contribution in [0.3, 0.4) is 0 Å². The molecular weight excluding hydrogens is 573 g/mol. The average molecular weight is 599 g/mol. The molecule has 36 heavy (non-hydrogen) atoms. The molecule has 3 N–H and O–H groups in total. The van der Waals surface area contributed by atoms with Crippen LogP contribution < -0.4 is 5.32 Å². The maximum Gasteiger partial charge on any atom is 0.199 e. The summed E-state index contributed by atoms with van der Waals surface area (Å²) in [5.74, 6) is 8.03. The number of fused-ring (bicyclic) bond motifs is 1. The number of hydrogen-bond donors (Lipinski definition) is 3. The lowest BCUT2D eigenvalue weighted by Gasteiger charge is -2.18. The van der Waals surface area contributed by atoms with E-state index in [-0.39, 0.29) is 6.61 Å². The highest BCUT2D eigenvalue weighted by molar-refractivity contribution is 14.1. The van der Waals surface area contributed by atoms with E-state index in [9.17, 15) is 10.2 Å². The van der Waals surface area contributed by atoms with Crippen LogP contribution in [-0.2, 0) is 11.3 Å². The first-order chi connectivity index (χ1) is 17.5. The molecule has 4 aromatic rings. The van der Waals surface area contributed by atoms with Gasteiger partial charge in [0.05, 0.1) is 12.9 Å². The smallest absolute Gasteiger partial charge is 0.199 e. The highest BCUT2D eigenvalue weighted by Gasteiger charge is 2.38. The van der Waals surface area contributed by atoms with Gasteiger partial charge in [-0.25, -0.2) is 15.0 Å². The molecule has 9 nitrogen and oxygen atoms in total. The number of nitrogens with zero attached hydrogens (tertiary/aromatic N) is 4. The van der Waals surface area contributed by atoms with Crippen molar-refractivity contribution in [3.05, 3.63) is 57.6 Å². The monoisotopic (exact) mass is 599 g/mol. The fourth-order valence-corrected chi connectivity index (χ4v) is 4.60. The van der Waals surface area contributed by atoms with E-state index in [0.717, 1.165) is 28.4 Å². The van der Waals surface area contributed by atoms with Gasteiger partial charge in [0.1, 0.15) is 12.2 Å². The van der Waals surface area contributed by atoms with Crippen molar-refractivity contribution in [1.82, 2.24) is 19.5 Å². The van der Waals surface area contributed by atoms with Gasteiger partial charge in [-0.2, -0.15) is 0 Å². The van der Waals surface area contributed by atoms with Gasteiger partial charge in [0, 0.05) is 16.5 Å². The van der Waals surface area contributed by atoms with Crippen LogP contribution in [0.2, 0.25) is 0 Å². The second-order valence-electron chi connectivity index (χ2n) is 8.52. The Hall–Kier alpha value is -2.98. The minimum atomic E-state index is -1.15. The molecular formula is C26H26IN5O4. The molecule has 0 radical (unpaired) electrons. The van der Waals surface area contributed by atoms with E-state index in [1.54, 1.807) is 23.0 Å². The van der Waals surface area contributed by atoms with Crippen LogP contribution in [0.5, 0.6) is 0 Å². The summed E-state index contributed by atoms with van der Waals surface area (Å²) in [7, 11) is 0. The summed E-state index contributed by atoms with van der Waals surface area (Å²) in [5.41, 5.74) is 2.01. The molecule has 0 unspecified atom stereocenters. The first-order valence-electron chi connectivity index (χ1n) is 11.8. The Morgan fingerprint density at radius 2 is 2.08 bits per heavy atom. The topological polar surface area (TPSA) is 118 Å². The highest BCUT2D eigenvalue weighted by atomic mass is 127. The number of aliphatic hydroxyl groups excluding tert-OH is 2. The Labute approximate surface area is 222 Å². The first-order valence-corrected chi connectivity index (χ1v) is 12.9. The number of nitrogens with one attached hydrogen (secondary N) is 1. The summed E-state index contributed by atoms with van der Waals surface area (Å²) in [6.45, 7) is 2.63. The zero-order valence-electron chi connectivity index (χ0n) is 19.7. The van der Waals surface area contributed by atoms with E-state index in [1.807, 2.05) is 18.2 Å².